The molecule has 0 amide bonds. The molecule has 1 heterocycles. The number of nitrogens with one attached hydrogen (secondary N) is 1. The number of aromatic nitrogens is 2. The fourth-order valence-corrected chi connectivity index (χ4v) is 2.35. The van der Waals surface area contributed by atoms with Crippen LogP contribution in [0.4, 0.5) is 17.3 Å². The summed E-state index contributed by atoms with van der Waals surface area (Å²) < 4.78 is 0. The van der Waals surface area contributed by atoms with Crippen LogP contribution in [0.5, 0.6) is 0 Å². The molecule has 0 unspecified atom stereocenters. The maximum Gasteiger partial charge on any atom is 0.141 e. The predicted molar refractivity (Wildman–Crippen MR) is 89.5 cm³/mol. The smallest absolute Gasteiger partial charge is 0.141 e. The van der Waals surface area contributed by atoms with Crippen molar-refractivity contribution in [3.05, 3.63) is 41.7 Å². The second kappa shape index (κ2) is 6.57. The Bertz CT molecular complexity index is 593. The lowest BCUT2D eigenvalue weighted by molar-refractivity contribution is 0.767. The average molecular weight is 284 g/mol. The van der Waals surface area contributed by atoms with Crippen molar-refractivity contribution in [2.24, 2.45) is 0 Å². The van der Waals surface area contributed by atoms with Crippen LogP contribution in [0, 0.1) is 6.92 Å². The van der Waals surface area contributed by atoms with E-state index in [4.69, 9.17) is 4.98 Å². The molecule has 2 rings (SSSR count). The first-order valence-electron chi connectivity index (χ1n) is 7.47. The standard InChI is InChI=1S/C17H24N4/c1-6-21(14-10-8-7-9-11-14)17-13(4)16(18-5)19-15(20-17)12(2)3/h7-12H,6H2,1-5H3,(H,18,19,20). The van der Waals surface area contributed by atoms with Crippen LogP contribution in [0.15, 0.2) is 30.3 Å². The predicted octanol–water partition coefficient (Wildman–Crippen LogP) is 4.11. The first-order chi connectivity index (χ1) is 10.1. The minimum atomic E-state index is 0.297. The van der Waals surface area contributed by atoms with Gasteiger partial charge in [0.15, 0.2) is 0 Å². The number of nitrogens with zero attached hydrogens (tertiary/aromatic N) is 3. The van der Waals surface area contributed by atoms with Gasteiger partial charge in [0.1, 0.15) is 17.5 Å². The van der Waals surface area contributed by atoms with Crippen molar-refractivity contribution in [1.29, 1.82) is 0 Å². The molecule has 4 nitrogen and oxygen atoms in total. The molecule has 2 aromatic rings. The molecule has 0 aliphatic rings. The SMILES string of the molecule is CCN(c1ccccc1)c1nc(C(C)C)nc(NC)c1C. The molecule has 0 fully saturated rings. The van der Waals surface area contributed by atoms with Gasteiger partial charge in [0.2, 0.25) is 0 Å². The number of anilines is 3. The highest BCUT2D eigenvalue weighted by Gasteiger charge is 2.17. The van der Waals surface area contributed by atoms with E-state index in [0.29, 0.717) is 5.92 Å². The first kappa shape index (κ1) is 15.3. The van der Waals surface area contributed by atoms with E-state index in [1.54, 1.807) is 0 Å². The lowest BCUT2D eigenvalue weighted by Crippen LogP contribution is -2.20. The Morgan fingerprint density at radius 3 is 2.33 bits per heavy atom. The number of para-hydroxylation sites is 1. The molecule has 0 bridgehead atoms. The van der Waals surface area contributed by atoms with E-state index in [-0.39, 0.29) is 0 Å². The van der Waals surface area contributed by atoms with Gasteiger partial charge in [-0.1, -0.05) is 32.0 Å². The second-order valence-electron chi connectivity index (χ2n) is 5.36. The van der Waals surface area contributed by atoms with E-state index in [2.05, 4.69) is 67.2 Å². The summed E-state index contributed by atoms with van der Waals surface area (Å²) in [5, 5.41) is 3.18. The molecule has 0 radical (unpaired) electrons. The Kier molecular flexibility index (Phi) is 4.78. The van der Waals surface area contributed by atoms with Crippen LogP contribution in [-0.2, 0) is 0 Å². The number of rotatable bonds is 5. The minimum absolute atomic E-state index is 0.297. The summed E-state index contributed by atoms with van der Waals surface area (Å²) in [7, 11) is 1.90. The fourth-order valence-electron chi connectivity index (χ4n) is 2.35. The summed E-state index contributed by atoms with van der Waals surface area (Å²) in [6.45, 7) is 9.31. The van der Waals surface area contributed by atoms with Gasteiger partial charge in [-0.05, 0) is 26.0 Å². The van der Waals surface area contributed by atoms with Crippen molar-refractivity contribution in [2.45, 2.75) is 33.6 Å². The Morgan fingerprint density at radius 1 is 1.14 bits per heavy atom. The topological polar surface area (TPSA) is 41.1 Å². The molecule has 0 saturated carbocycles. The molecule has 4 heteroatoms. The Morgan fingerprint density at radius 2 is 1.81 bits per heavy atom. The largest absolute Gasteiger partial charge is 0.373 e. The Labute approximate surface area is 127 Å². The third-order valence-corrected chi connectivity index (χ3v) is 3.53. The molecule has 0 spiro atoms. The minimum Gasteiger partial charge on any atom is -0.373 e. The van der Waals surface area contributed by atoms with Gasteiger partial charge in [0, 0.05) is 30.8 Å². The number of benzene rings is 1. The molecule has 0 aliphatic heterocycles. The number of hydrogen-bond acceptors (Lipinski definition) is 4. The van der Waals surface area contributed by atoms with Gasteiger partial charge < -0.3 is 10.2 Å². The summed E-state index contributed by atoms with van der Waals surface area (Å²) in [6.07, 6.45) is 0. The summed E-state index contributed by atoms with van der Waals surface area (Å²) in [5.74, 6) is 3.05. The van der Waals surface area contributed by atoms with E-state index in [1.807, 2.05) is 13.1 Å². The van der Waals surface area contributed by atoms with Crippen molar-refractivity contribution >= 4 is 17.3 Å². The van der Waals surface area contributed by atoms with Gasteiger partial charge in [0.25, 0.3) is 0 Å². The second-order valence-corrected chi connectivity index (χ2v) is 5.36. The first-order valence-corrected chi connectivity index (χ1v) is 7.47. The van der Waals surface area contributed by atoms with E-state index >= 15 is 0 Å². The van der Waals surface area contributed by atoms with E-state index in [9.17, 15) is 0 Å². The normalized spacial score (nSPS) is 10.8. The molecular weight excluding hydrogens is 260 g/mol. The van der Waals surface area contributed by atoms with Crippen molar-refractivity contribution in [3.8, 4) is 0 Å². The maximum atomic E-state index is 4.80. The lowest BCUT2D eigenvalue weighted by Gasteiger charge is -2.25. The van der Waals surface area contributed by atoms with Crippen LogP contribution in [0.2, 0.25) is 0 Å². The summed E-state index contributed by atoms with van der Waals surface area (Å²) in [5.41, 5.74) is 2.23. The van der Waals surface area contributed by atoms with E-state index < -0.39 is 0 Å². The van der Waals surface area contributed by atoms with Crippen molar-refractivity contribution in [2.75, 3.05) is 23.8 Å². The molecule has 112 valence electrons. The molecular formula is C17H24N4. The van der Waals surface area contributed by atoms with Crippen LogP contribution in [0.1, 0.15) is 38.1 Å². The Balaban J connectivity index is 2.57. The van der Waals surface area contributed by atoms with Gasteiger partial charge in [-0.3, -0.25) is 0 Å². The van der Waals surface area contributed by atoms with Gasteiger partial charge in [0.05, 0.1) is 0 Å². The summed E-state index contributed by atoms with van der Waals surface area (Å²) >= 11 is 0. The molecule has 0 atom stereocenters. The highest BCUT2D eigenvalue weighted by molar-refractivity contribution is 5.67. The highest BCUT2D eigenvalue weighted by atomic mass is 15.2. The van der Waals surface area contributed by atoms with Crippen molar-refractivity contribution in [1.82, 2.24) is 9.97 Å². The van der Waals surface area contributed by atoms with Crippen LogP contribution in [0.25, 0.3) is 0 Å². The molecule has 21 heavy (non-hydrogen) atoms. The summed E-state index contributed by atoms with van der Waals surface area (Å²) in [4.78, 5) is 11.6. The van der Waals surface area contributed by atoms with Crippen LogP contribution in [-0.4, -0.2) is 23.6 Å². The molecule has 1 N–H and O–H groups in total. The van der Waals surface area contributed by atoms with Gasteiger partial charge >= 0.3 is 0 Å². The van der Waals surface area contributed by atoms with E-state index in [0.717, 1.165) is 35.3 Å². The van der Waals surface area contributed by atoms with Crippen molar-refractivity contribution in [3.63, 3.8) is 0 Å². The van der Waals surface area contributed by atoms with Gasteiger partial charge in [-0.2, -0.15) is 0 Å². The highest BCUT2D eigenvalue weighted by Crippen LogP contribution is 2.30. The molecule has 1 aromatic carbocycles. The fraction of sp³-hybridized carbons (Fsp3) is 0.412. The number of hydrogen-bond donors (Lipinski definition) is 1. The zero-order valence-corrected chi connectivity index (χ0v) is 13.5. The zero-order valence-electron chi connectivity index (χ0n) is 13.5. The van der Waals surface area contributed by atoms with Crippen molar-refractivity contribution < 1.29 is 0 Å². The van der Waals surface area contributed by atoms with E-state index in [1.165, 1.54) is 0 Å². The monoisotopic (exact) mass is 284 g/mol. The maximum absolute atomic E-state index is 4.80. The van der Waals surface area contributed by atoms with Crippen LogP contribution >= 0.6 is 0 Å². The van der Waals surface area contributed by atoms with Gasteiger partial charge in [-0.15, -0.1) is 0 Å². The third-order valence-electron chi connectivity index (χ3n) is 3.53. The van der Waals surface area contributed by atoms with Crippen LogP contribution in [0.3, 0.4) is 0 Å². The average Bonchev–Trinajstić information content (AvgIpc) is 2.50. The Hall–Kier alpha value is -2.10. The molecule has 0 saturated heterocycles. The lowest BCUT2D eigenvalue weighted by atomic mass is 10.2. The summed E-state index contributed by atoms with van der Waals surface area (Å²) in [6, 6.07) is 10.4. The third kappa shape index (κ3) is 3.15. The zero-order chi connectivity index (χ0) is 15.4. The van der Waals surface area contributed by atoms with Crippen LogP contribution < -0.4 is 10.2 Å². The quantitative estimate of drug-likeness (QED) is 0.897. The van der Waals surface area contributed by atoms with Gasteiger partial charge in [-0.25, -0.2) is 9.97 Å². The molecule has 0 aliphatic carbocycles. The molecule has 1 aromatic heterocycles.